The van der Waals surface area contributed by atoms with E-state index in [0.717, 1.165) is 0 Å². The van der Waals surface area contributed by atoms with Crippen LogP contribution in [0.1, 0.15) is 23.2 Å². The van der Waals surface area contributed by atoms with Crippen molar-refractivity contribution in [3.63, 3.8) is 0 Å². The molecule has 1 aliphatic rings. The fraction of sp³-hybridized carbons (Fsp3) is 0.429. The summed E-state index contributed by atoms with van der Waals surface area (Å²) in [5.74, 6) is -0.676. The van der Waals surface area contributed by atoms with Crippen molar-refractivity contribution >= 4 is 11.7 Å². The van der Waals surface area contributed by atoms with Crippen LogP contribution in [0.4, 0.5) is 4.39 Å². The third kappa shape index (κ3) is 3.61. The van der Waals surface area contributed by atoms with E-state index in [1.165, 1.54) is 24.3 Å². The zero-order valence-corrected chi connectivity index (χ0v) is 10.6. The van der Waals surface area contributed by atoms with Gasteiger partial charge in [0, 0.05) is 11.5 Å². The number of nitrogens with two attached hydrogens (primary N) is 1. The minimum Gasteiger partial charge on any atom is -0.369 e. The highest BCUT2D eigenvalue weighted by molar-refractivity contribution is 5.97. The molecule has 1 aliphatic heterocycles. The SMILES string of the molecule is NC(=O)CN1CCC(C(=O)c2ccc(F)cc2)CC1. The molecule has 0 aromatic heterocycles. The van der Waals surface area contributed by atoms with Gasteiger partial charge >= 0.3 is 0 Å². The van der Waals surface area contributed by atoms with Crippen molar-refractivity contribution in [1.82, 2.24) is 4.90 Å². The van der Waals surface area contributed by atoms with E-state index >= 15 is 0 Å². The van der Waals surface area contributed by atoms with Crippen molar-refractivity contribution in [3.8, 4) is 0 Å². The molecule has 0 radical (unpaired) electrons. The molecule has 0 saturated carbocycles. The van der Waals surface area contributed by atoms with Gasteiger partial charge in [0.05, 0.1) is 6.54 Å². The molecule has 2 N–H and O–H groups in total. The molecule has 1 heterocycles. The number of carbonyl (C=O) groups excluding carboxylic acids is 2. The van der Waals surface area contributed by atoms with Gasteiger partial charge in [0.2, 0.25) is 5.91 Å². The van der Waals surface area contributed by atoms with Gasteiger partial charge in [-0.25, -0.2) is 4.39 Å². The summed E-state index contributed by atoms with van der Waals surface area (Å²) in [5.41, 5.74) is 5.69. The normalized spacial score (nSPS) is 17.3. The smallest absolute Gasteiger partial charge is 0.231 e. The molecule has 0 spiro atoms. The fourth-order valence-corrected chi connectivity index (χ4v) is 2.42. The zero-order valence-electron chi connectivity index (χ0n) is 10.6. The predicted molar refractivity (Wildman–Crippen MR) is 69.1 cm³/mol. The van der Waals surface area contributed by atoms with E-state index in [4.69, 9.17) is 5.73 Å². The summed E-state index contributed by atoms with van der Waals surface area (Å²) in [6, 6.07) is 5.64. The largest absolute Gasteiger partial charge is 0.369 e. The van der Waals surface area contributed by atoms with Crippen molar-refractivity contribution in [1.29, 1.82) is 0 Å². The molecule has 0 atom stereocenters. The second-order valence-electron chi connectivity index (χ2n) is 4.89. The Labute approximate surface area is 111 Å². The number of nitrogens with zero attached hydrogens (tertiary/aromatic N) is 1. The van der Waals surface area contributed by atoms with E-state index in [1.54, 1.807) is 0 Å². The first-order valence-electron chi connectivity index (χ1n) is 6.36. The Morgan fingerprint density at radius 3 is 2.32 bits per heavy atom. The number of ketones is 1. The lowest BCUT2D eigenvalue weighted by atomic mass is 9.89. The minimum atomic E-state index is -0.344. The van der Waals surface area contributed by atoms with Crippen LogP contribution in [0.25, 0.3) is 0 Å². The van der Waals surface area contributed by atoms with Crippen LogP contribution in [0.3, 0.4) is 0 Å². The molecule has 1 amide bonds. The average molecular weight is 264 g/mol. The van der Waals surface area contributed by atoms with E-state index in [1.807, 2.05) is 4.90 Å². The molecule has 1 aromatic carbocycles. The van der Waals surface area contributed by atoms with E-state index in [9.17, 15) is 14.0 Å². The van der Waals surface area contributed by atoms with Crippen LogP contribution in [0.15, 0.2) is 24.3 Å². The Morgan fingerprint density at radius 1 is 1.21 bits per heavy atom. The zero-order chi connectivity index (χ0) is 13.8. The predicted octanol–water partition coefficient (Wildman–Crippen LogP) is 1.21. The lowest BCUT2D eigenvalue weighted by Crippen LogP contribution is -2.41. The highest BCUT2D eigenvalue weighted by atomic mass is 19.1. The van der Waals surface area contributed by atoms with Gasteiger partial charge in [0.1, 0.15) is 5.82 Å². The van der Waals surface area contributed by atoms with E-state index < -0.39 is 0 Å². The Balaban J connectivity index is 1.92. The van der Waals surface area contributed by atoms with Gasteiger partial charge < -0.3 is 5.73 Å². The molecule has 1 saturated heterocycles. The van der Waals surface area contributed by atoms with E-state index in [0.29, 0.717) is 31.5 Å². The summed E-state index contributed by atoms with van der Waals surface area (Å²) < 4.78 is 12.8. The molecule has 0 unspecified atom stereocenters. The standard InChI is InChI=1S/C14H17FN2O2/c15-12-3-1-10(2-4-12)14(19)11-5-7-17(8-6-11)9-13(16)18/h1-4,11H,5-9H2,(H2,16,18). The van der Waals surface area contributed by atoms with Crippen LogP contribution in [0.2, 0.25) is 0 Å². The molecule has 4 nitrogen and oxygen atoms in total. The van der Waals surface area contributed by atoms with E-state index in [2.05, 4.69) is 0 Å². The molecular weight excluding hydrogens is 247 g/mol. The summed E-state index contributed by atoms with van der Waals surface area (Å²) in [6.07, 6.45) is 1.42. The summed E-state index contributed by atoms with van der Waals surface area (Å²) >= 11 is 0. The molecule has 102 valence electrons. The summed E-state index contributed by atoms with van der Waals surface area (Å²) in [5, 5.41) is 0. The summed E-state index contributed by atoms with van der Waals surface area (Å²) in [7, 11) is 0. The van der Waals surface area contributed by atoms with Crippen LogP contribution >= 0.6 is 0 Å². The topological polar surface area (TPSA) is 63.4 Å². The van der Waals surface area contributed by atoms with Gasteiger partial charge in [-0.15, -0.1) is 0 Å². The molecule has 1 aromatic rings. The number of hydrogen-bond donors (Lipinski definition) is 1. The first-order valence-corrected chi connectivity index (χ1v) is 6.36. The monoisotopic (exact) mass is 264 g/mol. The van der Waals surface area contributed by atoms with Crippen molar-refractivity contribution in [2.75, 3.05) is 19.6 Å². The number of Topliss-reactive ketones (excluding diaryl/α,β-unsaturated/α-hetero) is 1. The van der Waals surface area contributed by atoms with Gasteiger partial charge in [-0.3, -0.25) is 14.5 Å². The lowest BCUT2D eigenvalue weighted by molar-refractivity contribution is -0.119. The summed E-state index contributed by atoms with van der Waals surface area (Å²) in [6.45, 7) is 1.64. The van der Waals surface area contributed by atoms with Gasteiger partial charge in [0.15, 0.2) is 5.78 Å². The number of benzene rings is 1. The molecule has 1 fully saturated rings. The van der Waals surface area contributed by atoms with Crippen LogP contribution in [-0.2, 0) is 4.79 Å². The van der Waals surface area contributed by atoms with Crippen LogP contribution < -0.4 is 5.73 Å². The average Bonchev–Trinajstić information content (AvgIpc) is 2.39. The molecular formula is C14H17FN2O2. The molecule has 0 aliphatic carbocycles. The third-order valence-corrected chi connectivity index (χ3v) is 3.47. The number of amides is 1. The maximum atomic E-state index is 12.8. The number of hydrogen-bond acceptors (Lipinski definition) is 3. The Hall–Kier alpha value is -1.75. The van der Waals surface area contributed by atoms with Crippen molar-refractivity contribution in [2.24, 2.45) is 11.7 Å². The van der Waals surface area contributed by atoms with Crippen LogP contribution in [0, 0.1) is 11.7 Å². The van der Waals surface area contributed by atoms with Crippen molar-refractivity contribution in [3.05, 3.63) is 35.6 Å². The van der Waals surface area contributed by atoms with E-state index in [-0.39, 0.29) is 30.0 Å². The van der Waals surface area contributed by atoms with Crippen LogP contribution in [-0.4, -0.2) is 36.2 Å². The number of carbonyl (C=O) groups is 2. The fourth-order valence-electron chi connectivity index (χ4n) is 2.42. The molecule has 19 heavy (non-hydrogen) atoms. The molecule has 2 rings (SSSR count). The maximum Gasteiger partial charge on any atom is 0.231 e. The van der Waals surface area contributed by atoms with Gasteiger partial charge in [0.25, 0.3) is 0 Å². The van der Waals surface area contributed by atoms with Gasteiger partial charge in [-0.2, -0.15) is 0 Å². The number of primary amides is 1. The third-order valence-electron chi connectivity index (χ3n) is 3.47. The van der Waals surface area contributed by atoms with Gasteiger partial charge in [-0.1, -0.05) is 0 Å². The second-order valence-corrected chi connectivity index (χ2v) is 4.89. The summed E-state index contributed by atoms with van der Waals surface area (Å²) in [4.78, 5) is 25.0. The Morgan fingerprint density at radius 2 is 1.79 bits per heavy atom. The highest BCUT2D eigenvalue weighted by Gasteiger charge is 2.26. The Bertz CT molecular complexity index is 465. The van der Waals surface area contributed by atoms with Crippen LogP contribution in [0.5, 0.6) is 0 Å². The number of halogens is 1. The first-order chi connectivity index (χ1) is 9.06. The lowest BCUT2D eigenvalue weighted by Gasteiger charge is -2.30. The number of piperidine rings is 1. The van der Waals surface area contributed by atoms with Gasteiger partial charge in [-0.05, 0) is 50.2 Å². The number of likely N-dealkylation sites (tertiary alicyclic amines) is 1. The molecule has 5 heteroatoms. The number of rotatable bonds is 4. The van der Waals surface area contributed by atoms with Crippen molar-refractivity contribution in [2.45, 2.75) is 12.8 Å². The minimum absolute atomic E-state index is 0.0467. The second kappa shape index (κ2) is 5.93. The Kier molecular flexibility index (Phi) is 4.27. The van der Waals surface area contributed by atoms with Crippen molar-refractivity contribution < 1.29 is 14.0 Å². The molecule has 0 bridgehead atoms. The quantitative estimate of drug-likeness (QED) is 0.831. The highest BCUT2D eigenvalue weighted by Crippen LogP contribution is 2.21. The first kappa shape index (κ1) is 13.7. The maximum absolute atomic E-state index is 12.8.